The normalized spacial score (nSPS) is 15.5. The van der Waals surface area contributed by atoms with Crippen LogP contribution in [0.3, 0.4) is 0 Å². The second kappa shape index (κ2) is 5.32. The Balaban J connectivity index is 1.80. The first kappa shape index (κ1) is 13.8. The van der Waals surface area contributed by atoms with Gasteiger partial charge >= 0.3 is 0 Å². The maximum absolute atomic E-state index is 13.8. The number of rotatable bonds is 5. The second-order valence-corrected chi connectivity index (χ2v) is 5.72. The van der Waals surface area contributed by atoms with Crippen LogP contribution >= 0.6 is 0 Å². The number of carbonyl (C=O) groups excluding carboxylic acids is 1. The number of nitrogens with one attached hydrogen (secondary N) is 1. The van der Waals surface area contributed by atoms with Crippen LogP contribution in [0.2, 0.25) is 0 Å². The Labute approximate surface area is 124 Å². The number of Topliss-reactive ketones (excluding diaryl/α,β-unsaturated/α-hetero) is 1. The van der Waals surface area contributed by atoms with E-state index >= 15 is 0 Å². The third-order valence-electron chi connectivity index (χ3n) is 4.22. The molecule has 0 bridgehead atoms. The number of benzene rings is 2. The molecule has 2 aromatic carbocycles. The summed E-state index contributed by atoms with van der Waals surface area (Å²) >= 11 is 0. The zero-order valence-corrected chi connectivity index (χ0v) is 12.0. The molecule has 1 aliphatic rings. The molecule has 0 aliphatic heterocycles. The van der Waals surface area contributed by atoms with E-state index in [9.17, 15) is 9.18 Å². The van der Waals surface area contributed by atoms with Gasteiger partial charge in [-0.2, -0.15) is 0 Å². The topological polar surface area (TPSA) is 29.1 Å². The lowest BCUT2D eigenvalue weighted by Gasteiger charge is -2.19. The Morgan fingerprint density at radius 3 is 2.48 bits per heavy atom. The average molecular weight is 283 g/mol. The van der Waals surface area contributed by atoms with Crippen LogP contribution in [0.25, 0.3) is 0 Å². The molecule has 2 aromatic rings. The molecule has 0 aromatic heterocycles. The first-order valence-electron chi connectivity index (χ1n) is 7.21. The van der Waals surface area contributed by atoms with Gasteiger partial charge in [0.1, 0.15) is 5.82 Å². The van der Waals surface area contributed by atoms with Crippen molar-refractivity contribution in [3.8, 4) is 0 Å². The molecule has 0 saturated heterocycles. The monoisotopic (exact) mass is 283 g/mol. The Morgan fingerprint density at radius 1 is 1.14 bits per heavy atom. The molecule has 1 fully saturated rings. The van der Waals surface area contributed by atoms with Gasteiger partial charge in [-0.25, -0.2) is 4.39 Å². The SMILES string of the molecule is CC(=O)c1c(F)cccc1NCC1(c2ccccc2)CC1. The molecule has 1 N–H and O–H groups in total. The number of hydrogen-bond donors (Lipinski definition) is 1. The minimum Gasteiger partial charge on any atom is -0.383 e. The van der Waals surface area contributed by atoms with Crippen molar-refractivity contribution in [2.75, 3.05) is 11.9 Å². The number of carbonyl (C=O) groups is 1. The number of hydrogen-bond acceptors (Lipinski definition) is 2. The zero-order chi connectivity index (χ0) is 14.9. The molecule has 1 saturated carbocycles. The van der Waals surface area contributed by atoms with Crippen LogP contribution in [-0.2, 0) is 5.41 Å². The lowest BCUT2D eigenvalue weighted by atomic mass is 9.95. The highest BCUT2D eigenvalue weighted by molar-refractivity contribution is 5.99. The first-order chi connectivity index (χ1) is 10.1. The highest BCUT2D eigenvalue weighted by Gasteiger charge is 2.43. The molecule has 3 heteroatoms. The van der Waals surface area contributed by atoms with Gasteiger partial charge in [-0.3, -0.25) is 4.79 Å². The summed E-state index contributed by atoms with van der Waals surface area (Å²) in [5.41, 5.74) is 2.17. The van der Waals surface area contributed by atoms with Gasteiger partial charge < -0.3 is 5.32 Å². The molecule has 0 atom stereocenters. The van der Waals surface area contributed by atoms with E-state index < -0.39 is 5.82 Å². The highest BCUT2D eigenvalue weighted by Crippen LogP contribution is 2.48. The van der Waals surface area contributed by atoms with E-state index in [-0.39, 0.29) is 16.8 Å². The Morgan fingerprint density at radius 2 is 1.86 bits per heavy atom. The predicted molar refractivity (Wildman–Crippen MR) is 82.2 cm³/mol. The van der Waals surface area contributed by atoms with Gasteiger partial charge in [0.15, 0.2) is 5.78 Å². The highest BCUT2D eigenvalue weighted by atomic mass is 19.1. The van der Waals surface area contributed by atoms with Crippen molar-refractivity contribution in [3.05, 3.63) is 65.5 Å². The van der Waals surface area contributed by atoms with Crippen molar-refractivity contribution in [2.24, 2.45) is 0 Å². The summed E-state index contributed by atoms with van der Waals surface area (Å²) in [4.78, 5) is 11.6. The van der Waals surface area contributed by atoms with Crippen LogP contribution in [0.4, 0.5) is 10.1 Å². The molecule has 0 unspecified atom stereocenters. The van der Waals surface area contributed by atoms with E-state index in [0.29, 0.717) is 5.69 Å². The van der Waals surface area contributed by atoms with Gasteiger partial charge in [0.05, 0.1) is 5.56 Å². The molecular weight excluding hydrogens is 265 g/mol. The maximum Gasteiger partial charge on any atom is 0.164 e. The Hall–Kier alpha value is -2.16. The zero-order valence-electron chi connectivity index (χ0n) is 12.0. The average Bonchev–Trinajstić information content (AvgIpc) is 3.27. The summed E-state index contributed by atoms with van der Waals surface area (Å²) in [6, 6.07) is 15.1. The van der Waals surface area contributed by atoms with Crippen LogP contribution in [0, 0.1) is 5.82 Å². The molecule has 108 valence electrons. The molecule has 3 rings (SSSR count). The Kier molecular flexibility index (Phi) is 3.50. The number of halogens is 1. The second-order valence-electron chi connectivity index (χ2n) is 5.72. The fraction of sp³-hybridized carbons (Fsp3) is 0.278. The van der Waals surface area contributed by atoms with Crippen molar-refractivity contribution in [1.29, 1.82) is 0 Å². The van der Waals surface area contributed by atoms with Crippen LogP contribution in [0.1, 0.15) is 35.7 Å². The van der Waals surface area contributed by atoms with Gasteiger partial charge in [-0.1, -0.05) is 36.4 Å². The third-order valence-corrected chi connectivity index (χ3v) is 4.22. The van der Waals surface area contributed by atoms with E-state index in [1.54, 1.807) is 12.1 Å². The van der Waals surface area contributed by atoms with Gasteiger partial charge in [0, 0.05) is 17.6 Å². The van der Waals surface area contributed by atoms with Crippen molar-refractivity contribution in [1.82, 2.24) is 0 Å². The first-order valence-corrected chi connectivity index (χ1v) is 7.21. The summed E-state index contributed by atoms with van der Waals surface area (Å²) in [6.45, 7) is 2.12. The molecular formula is C18H18FNO. The third kappa shape index (κ3) is 2.68. The van der Waals surface area contributed by atoms with E-state index in [4.69, 9.17) is 0 Å². The smallest absolute Gasteiger partial charge is 0.164 e. The lowest BCUT2D eigenvalue weighted by molar-refractivity contribution is 0.101. The van der Waals surface area contributed by atoms with Gasteiger partial charge in [0.25, 0.3) is 0 Å². The van der Waals surface area contributed by atoms with Crippen LogP contribution in [0.15, 0.2) is 48.5 Å². The minimum atomic E-state index is -0.461. The van der Waals surface area contributed by atoms with E-state index in [1.165, 1.54) is 18.6 Å². The van der Waals surface area contributed by atoms with Crippen LogP contribution < -0.4 is 5.32 Å². The fourth-order valence-electron chi connectivity index (χ4n) is 2.80. The van der Waals surface area contributed by atoms with Gasteiger partial charge in [0.2, 0.25) is 0 Å². The molecule has 2 nitrogen and oxygen atoms in total. The summed E-state index contributed by atoms with van der Waals surface area (Å²) in [5, 5.41) is 3.28. The van der Waals surface area contributed by atoms with Crippen LogP contribution in [0.5, 0.6) is 0 Å². The summed E-state index contributed by atoms with van der Waals surface area (Å²) in [5.74, 6) is -0.711. The van der Waals surface area contributed by atoms with Crippen molar-refractivity contribution in [2.45, 2.75) is 25.2 Å². The minimum absolute atomic E-state index is 0.127. The molecule has 0 heterocycles. The molecule has 1 aliphatic carbocycles. The summed E-state index contributed by atoms with van der Waals surface area (Å²) in [6.07, 6.45) is 2.24. The van der Waals surface area contributed by atoms with Crippen molar-refractivity contribution >= 4 is 11.5 Å². The molecule has 0 spiro atoms. The van der Waals surface area contributed by atoms with Gasteiger partial charge in [-0.05, 0) is 37.5 Å². The van der Waals surface area contributed by atoms with E-state index in [2.05, 4.69) is 17.4 Å². The lowest BCUT2D eigenvalue weighted by Crippen LogP contribution is -2.20. The Bertz CT molecular complexity index is 662. The van der Waals surface area contributed by atoms with Gasteiger partial charge in [-0.15, -0.1) is 0 Å². The summed E-state index contributed by atoms with van der Waals surface area (Å²) < 4.78 is 13.8. The van der Waals surface area contributed by atoms with Crippen molar-refractivity contribution < 1.29 is 9.18 Å². The predicted octanol–water partition coefficient (Wildman–Crippen LogP) is 4.17. The van der Waals surface area contributed by atoms with E-state index in [0.717, 1.165) is 19.4 Å². The molecule has 21 heavy (non-hydrogen) atoms. The largest absolute Gasteiger partial charge is 0.383 e. The number of ketones is 1. The quantitative estimate of drug-likeness (QED) is 0.834. The summed E-state index contributed by atoms with van der Waals surface area (Å²) in [7, 11) is 0. The maximum atomic E-state index is 13.8. The molecule has 0 radical (unpaired) electrons. The number of anilines is 1. The standard InChI is InChI=1S/C18H18FNO/c1-13(21)17-15(19)8-5-9-16(17)20-12-18(10-11-18)14-6-3-2-4-7-14/h2-9,20H,10-12H2,1H3. The fourth-order valence-corrected chi connectivity index (χ4v) is 2.80. The van der Waals surface area contributed by atoms with Crippen LogP contribution in [-0.4, -0.2) is 12.3 Å². The van der Waals surface area contributed by atoms with Crippen molar-refractivity contribution in [3.63, 3.8) is 0 Å². The van der Waals surface area contributed by atoms with E-state index in [1.807, 2.05) is 18.2 Å². The molecule has 0 amide bonds.